The van der Waals surface area contributed by atoms with Gasteiger partial charge in [-0.3, -0.25) is 28.7 Å². The largest absolute Gasteiger partial charge is 0.463 e. The monoisotopic (exact) mass is 528 g/mol. The number of rotatable bonds is 5. The van der Waals surface area contributed by atoms with Crippen LogP contribution < -0.4 is 17.0 Å². The SMILES string of the molecule is CC(=O)OC[C@H]1O[C@@H](n2cc(C3C(C#N)=C(N)OC4=C3C(=O)CC(C)(C)C4)c(=O)[nH]c2=O)C[C@@H]1OC(C)=O. The van der Waals surface area contributed by atoms with Crippen LogP contribution in [0.2, 0.25) is 0 Å². The molecule has 2 aliphatic heterocycles. The molecule has 1 unspecified atom stereocenters. The second kappa shape index (κ2) is 9.94. The normalized spacial score (nSPS) is 26.3. The lowest BCUT2D eigenvalue weighted by Gasteiger charge is -2.37. The fourth-order valence-corrected chi connectivity index (χ4v) is 5.07. The van der Waals surface area contributed by atoms with Crippen molar-refractivity contribution in [3.63, 3.8) is 0 Å². The van der Waals surface area contributed by atoms with E-state index in [1.54, 1.807) is 0 Å². The zero-order valence-corrected chi connectivity index (χ0v) is 21.4. The summed E-state index contributed by atoms with van der Waals surface area (Å²) in [6.45, 7) is 5.97. The van der Waals surface area contributed by atoms with Crippen LogP contribution in [-0.4, -0.2) is 46.1 Å². The van der Waals surface area contributed by atoms with Crippen molar-refractivity contribution in [1.82, 2.24) is 9.55 Å². The first kappa shape index (κ1) is 26.9. The predicted molar refractivity (Wildman–Crippen MR) is 128 cm³/mol. The lowest BCUT2D eigenvalue weighted by atomic mass is 9.70. The number of nitriles is 1. The summed E-state index contributed by atoms with van der Waals surface area (Å²) < 4.78 is 22.9. The number of carbonyl (C=O) groups excluding carboxylic acids is 3. The average Bonchev–Trinajstić information content (AvgIpc) is 3.17. The van der Waals surface area contributed by atoms with E-state index in [1.807, 2.05) is 19.9 Å². The number of nitrogens with zero attached hydrogens (tertiary/aromatic N) is 2. The van der Waals surface area contributed by atoms with Crippen molar-refractivity contribution < 1.29 is 33.3 Å². The molecule has 38 heavy (non-hydrogen) atoms. The third-order valence-electron chi connectivity index (χ3n) is 6.64. The van der Waals surface area contributed by atoms with Crippen molar-refractivity contribution in [2.45, 2.75) is 71.3 Å². The molecule has 4 atom stereocenters. The van der Waals surface area contributed by atoms with E-state index in [0.717, 1.165) is 4.57 Å². The van der Waals surface area contributed by atoms with Crippen molar-refractivity contribution in [2.24, 2.45) is 11.1 Å². The average molecular weight is 529 g/mol. The number of hydrogen-bond acceptors (Lipinski definition) is 11. The number of nitrogens with one attached hydrogen (secondary N) is 1. The van der Waals surface area contributed by atoms with Crippen molar-refractivity contribution >= 4 is 17.7 Å². The van der Waals surface area contributed by atoms with E-state index in [2.05, 4.69) is 4.98 Å². The van der Waals surface area contributed by atoms with E-state index in [9.17, 15) is 29.2 Å². The number of Topliss-reactive ketones (excluding diaryl/α,β-unsaturated/α-hetero) is 1. The standard InChI is InChI=1S/C25H28N4O9/c1-11(30)35-10-18-16(36-12(2)31)5-19(37-18)29-9-14(23(33)28-24(29)34)20-13(8-26)22(27)38-17-7-25(3,4)6-15(32)21(17)20/h9,16,18-20H,5-7,10,27H2,1-4H3,(H,28,33,34)/t16-,18+,19+,20?/m0/s1. The van der Waals surface area contributed by atoms with Crippen molar-refractivity contribution in [3.05, 3.63) is 55.4 Å². The molecule has 3 N–H and O–H groups in total. The first-order valence-corrected chi connectivity index (χ1v) is 12.0. The van der Waals surface area contributed by atoms with Gasteiger partial charge in [0.2, 0.25) is 5.88 Å². The minimum absolute atomic E-state index is 0.00876. The number of H-pyrrole nitrogens is 1. The molecule has 1 fully saturated rings. The molecule has 3 aliphatic rings. The summed E-state index contributed by atoms with van der Waals surface area (Å²) in [7, 11) is 0. The summed E-state index contributed by atoms with van der Waals surface area (Å²) in [5, 5.41) is 9.86. The number of ketones is 1. The molecule has 1 aliphatic carbocycles. The van der Waals surface area contributed by atoms with Gasteiger partial charge in [-0.15, -0.1) is 0 Å². The van der Waals surface area contributed by atoms with Crippen LogP contribution >= 0.6 is 0 Å². The Balaban J connectivity index is 1.79. The summed E-state index contributed by atoms with van der Waals surface area (Å²) >= 11 is 0. The Labute approximate surface area is 216 Å². The Hall–Kier alpha value is -4.18. The van der Waals surface area contributed by atoms with Crippen LogP contribution in [0.5, 0.6) is 0 Å². The summed E-state index contributed by atoms with van der Waals surface area (Å²) in [4.78, 5) is 64.2. The molecule has 1 saturated heterocycles. The van der Waals surface area contributed by atoms with Crippen LogP contribution in [0.3, 0.4) is 0 Å². The Kier molecular flexibility index (Phi) is 7.03. The zero-order chi connectivity index (χ0) is 27.9. The molecule has 0 saturated carbocycles. The van der Waals surface area contributed by atoms with Crippen LogP contribution in [0.1, 0.15) is 64.7 Å². The van der Waals surface area contributed by atoms with E-state index < -0.39 is 53.0 Å². The Bertz CT molecular complexity index is 1430. The fourth-order valence-electron chi connectivity index (χ4n) is 5.07. The minimum Gasteiger partial charge on any atom is -0.463 e. The van der Waals surface area contributed by atoms with Crippen molar-refractivity contribution in [1.29, 1.82) is 5.26 Å². The number of aromatic nitrogens is 2. The molecule has 0 spiro atoms. The molecule has 0 aromatic carbocycles. The second-order valence-corrected chi connectivity index (χ2v) is 10.3. The number of aromatic amines is 1. The lowest BCUT2D eigenvalue weighted by Crippen LogP contribution is -2.39. The number of ether oxygens (including phenoxy) is 4. The fraction of sp³-hybridized carbons (Fsp3) is 0.520. The first-order valence-electron chi connectivity index (χ1n) is 12.0. The maximum Gasteiger partial charge on any atom is 0.330 e. The number of nitrogens with two attached hydrogens (primary N) is 1. The maximum atomic E-state index is 13.2. The van der Waals surface area contributed by atoms with Gasteiger partial charge in [0, 0.05) is 50.4 Å². The molecular weight excluding hydrogens is 500 g/mol. The van der Waals surface area contributed by atoms with Crippen LogP contribution in [-0.2, 0) is 33.3 Å². The summed E-state index contributed by atoms with van der Waals surface area (Å²) in [6, 6.07) is 1.94. The van der Waals surface area contributed by atoms with E-state index >= 15 is 0 Å². The predicted octanol–water partition coefficient (Wildman–Crippen LogP) is 0.770. The lowest BCUT2D eigenvalue weighted by molar-refractivity contribution is -0.155. The molecule has 4 rings (SSSR count). The molecule has 13 heteroatoms. The Morgan fingerprint density at radius 3 is 2.58 bits per heavy atom. The van der Waals surface area contributed by atoms with E-state index in [1.165, 1.54) is 20.0 Å². The highest BCUT2D eigenvalue weighted by Gasteiger charge is 2.45. The van der Waals surface area contributed by atoms with Crippen LogP contribution in [0.25, 0.3) is 0 Å². The van der Waals surface area contributed by atoms with Gasteiger partial charge in [-0.05, 0) is 5.41 Å². The van der Waals surface area contributed by atoms with Gasteiger partial charge in [-0.1, -0.05) is 13.8 Å². The van der Waals surface area contributed by atoms with E-state index in [-0.39, 0.29) is 53.6 Å². The van der Waals surface area contributed by atoms with Gasteiger partial charge in [0.1, 0.15) is 42.4 Å². The number of hydrogen-bond donors (Lipinski definition) is 2. The molecule has 1 aromatic heterocycles. The number of allylic oxidation sites excluding steroid dienone is 3. The highest BCUT2D eigenvalue weighted by molar-refractivity contribution is 6.00. The van der Waals surface area contributed by atoms with Gasteiger partial charge in [0.15, 0.2) is 5.78 Å². The highest BCUT2D eigenvalue weighted by Crippen LogP contribution is 2.47. The highest BCUT2D eigenvalue weighted by atomic mass is 16.6. The van der Waals surface area contributed by atoms with Crippen LogP contribution in [0.15, 0.2) is 38.6 Å². The summed E-state index contributed by atoms with van der Waals surface area (Å²) in [6.07, 6.45) is -1.00. The van der Waals surface area contributed by atoms with Gasteiger partial charge in [-0.2, -0.15) is 5.26 Å². The quantitative estimate of drug-likeness (QED) is 0.513. The first-order chi connectivity index (χ1) is 17.8. The maximum absolute atomic E-state index is 13.2. The molecule has 0 bridgehead atoms. The van der Waals surface area contributed by atoms with Gasteiger partial charge >= 0.3 is 17.6 Å². The third kappa shape index (κ3) is 5.12. The zero-order valence-electron chi connectivity index (χ0n) is 21.4. The van der Waals surface area contributed by atoms with Crippen molar-refractivity contribution in [3.8, 4) is 6.07 Å². The molecule has 0 amide bonds. The van der Waals surface area contributed by atoms with Crippen LogP contribution in [0.4, 0.5) is 0 Å². The molecule has 3 heterocycles. The topological polar surface area (TPSA) is 193 Å². The summed E-state index contributed by atoms with van der Waals surface area (Å²) in [5.41, 5.74) is 3.90. The number of carbonyl (C=O) groups is 3. The Morgan fingerprint density at radius 1 is 1.24 bits per heavy atom. The number of esters is 2. The van der Waals surface area contributed by atoms with Gasteiger partial charge in [0.25, 0.3) is 5.56 Å². The molecule has 13 nitrogen and oxygen atoms in total. The van der Waals surface area contributed by atoms with Crippen molar-refractivity contribution in [2.75, 3.05) is 6.61 Å². The molecule has 202 valence electrons. The second-order valence-electron chi connectivity index (χ2n) is 10.3. The van der Waals surface area contributed by atoms with Gasteiger partial charge in [0.05, 0.1) is 5.92 Å². The van der Waals surface area contributed by atoms with E-state index in [0.29, 0.717) is 6.42 Å². The smallest absolute Gasteiger partial charge is 0.330 e. The molecule has 0 radical (unpaired) electrons. The van der Waals surface area contributed by atoms with Crippen LogP contribution in [0, 0.1) is 16.7 Å². The summed E-state index contributed by atoms with van der Waals surface area (Å²) in [5.74, 6) is -2.58. The molecule has 1 aromatic rings. The molecular formula is C25H28N4O9. The Morgan fingerprint density at radius 2 is 1.95 bits per heavy atom. The minimum atomic E-state index is -1.16. The van der Waals surface area contributed by atoms with E-state index in [4.69, 9.17) is 24.7 Å². The van der Waals surface area contributed by atoms with Gasteiger partial charge < -0.3 is 24.7 Å². The van der Waals surface area contributed by atoms with Gasteiger partial charge in [-0.25, -0.2) is 4.79 Å². The third-order valence-corrected chi connectivity index (χ3v) is 6.64.